The largest absolute Gasteiger partial charge is 0.481 e. The smallest absolute Gasteiger partial charge is 0.307 e. The van der Waals surface area contributed by atoms with Gasteiger partial charge in [-0.05, 0) is 54.9 Å². The minimum absolute atomic E-state index is 0.0211. The van der Waals surface area contributed by atoms with E-state index in [0.29, 0.717) is 18.3 Å². The van der Waals surface area contributed by atoms with Gasteiger partial charge in [0.25, 0.3) is 0 Å². The van der Waals surface area contributed by atoms with E-state index >= 15 is 0 Å². The number of hydrogen-bond acceptors (Lipinski definition) is 2. The van der Waals surface area contributed by atoms with Crippen molar-refractivity contribution < 1.29 is 14.7 Å². The maximum Gasteiger partial charge on any atom is 0.307 e. The van der Waals surface area contributed by atoms with E-state index < -0.39 is 11.9 Å². The van der Waals surface area contributed by atoms with Crippen LogP contribution in [0.15, 0.2) is 30.3 Å². The number of carboxylic acids is 1. The number of fused-ring (bicyclic) bond motifs is 1. The molecule has 0 aromatic heterocycles. The van der Waals surface area contributed by atoms with Gasteiger partial charge in [0.05, 0.1) is 5.92 Å². The molecule has 1 aliphatic heterocycles. The maximum absolute atomic E-state index is 12.8. The van der Waals surface area contributed by atoms with Crippen LogP contribution < -0.4 is 0 Å². The lowest BCUT2D eigenvalue weighted by Gasteiger charge is -2.34. The summed E-state index contributed by atoms with van der Waals surface area (Å²) in [5, 5.41) is 9.58. The van der Waals surface area contributed by atoms with Gasteiger partial charge in [-0.2, -0.15) is 0 Å². The molecule has 2 fully saturated rings. The topological polar surface area (TPSA) is 57.6 Å². The third-order valence-electron chi connectivity index (χ3n) is 6.99. The molecule has 1 aromatic carbocycles. The van der Waals surface area contributed by atoms with Crippen molar-refractivity contribution in [3.8, 4) is 0 Å². The maximum atomic E-state index is 12.8. The van der Waals surface area contributed by atoms with Gasteiger partial charge >= 0.3 is 5.97 Å². The van der Waals surface area contributed by atoms with Crippen LogP contribution in [0.5, 0.6) is 0 Å². The average Bonchev–Trinajstić information content (AvgIpc) is 3.11. The van der Waals surface area contributed by atoms with Crippen LogP contribution in [0, 0.1) is 29.6 Å². The Morgan fingerprint density at radius 1 is 1.15 bits per heavy atom. The second kappa shape index (κ2) is 8.90. The Bertz CT molecular complexity index is 644. The number of nitrogens with zero attached hydrogens (tertiary/aromatic N) is 1. The number of likely N-dealkylation sites (tertiary alicyclic amines) is 1. The van der Waals surface area contributed by atoms with Crippen LogP contribution in [0.2, 0.25) is 0 Å². The van der Waals surface area contributed by atoms with E-state index in [9.17, 15) is 14.7 Å². The molecule has 1 saturated carbocycles. The lowest BCUT2D eigenvalue weighted by atomic mass is 9.71. The van der Waals surface area contributed by atoms with Crippen LogP contribution in [0.3, 0.4) is 0 Å². The Labute approximate surface area is 163 Å². The zero-order valence-electron chi connectivity index (χ0n) is 16.6. The summed E-state index contributed by atoms with van der Waals surface area (Å²) in [6, 6.07) is 9.60. The summed E-state index contributed by atoms with van der Waals surface area (Å²) < 4.78 is 0. The van der Waals surface area contributed by atoms with E-state index in [-0.39, 0.29) is 12.3 Å². The van der Waals surface area contributed by atoms with Gasteiger partial charge in [-0.3, -0.25) is 9.59 Å². The van der Waals surface area contributed by atoms with Crippen LogP contribution in [-0.2, 0) is 16.0 Å². The molecule has 2 unspecified atom stereocenters. The van der Waals surface area contributed by atoms with Crippen molar-refractivity contribution in [1.29, 1.82) is 0 Å². The standard InChI is InChI=1S/C23H33NO3/c1-3-16(2)18-9-10-19-14-24(15-21(19)12-18)22(25)13-20(23(26)27)11-17-7-5-4-6-8-17/h4-8,16,18-21H,3,9-15H2,1-2H3,(H,26,27)/t16?,18?,19-,20-,21+/m0/s1. The van der Waals surface area contributed by atoms with Crippen LogP contribution in [0.25, 0.3) is 0 Å². The Morgan fingerprint density at radius 3 is 2.52 bits per heavy atom. The average molecular weight is 372 g/mol. The lowest BCUT2D eigenvalue weighted by molar-refractivity contribution is -0.145. The molecule has 1 heterocycles. The van der Waals surface area contributed by atoms with E-state index in [1.165, 1.54) is 25.7 Å². The van der Waals surface area contributed by atoms with Crippen LogP contribution in [0.1, 0.15) is 51.5 Å². The van der Waals surface area contributed by atoms with Crippen molar-refractivity contribution in [2.45, 2.75) is 52.4 Å². The molecule has 148 valence electrons. The minimum Gasteiger partial charge on any atom is -0.481 e. The number of amides is 1. The van der Waals surface area contributed by atoms with Gasteiger partial charge in [-0.1, -0.05) is 50.6 Å². The molecule has 2 aliphatic rings. The molecule has 0 spiro atoms. The third-order valence-corrected chi connectivity index (χ3v) is 6.99. The zero-order valence-corrected chi connectivity index (χ0v) is 16.6. The Balaban J connectivity index is 1.57. The molecule has 27 heavy (non-hydrogen) atoms. The molecular formula is C23H33NO3. The molecular weight excluding hydrogens is 338 g/mol. The van der Waals surface area contributed by atoms with Crippen LogP contribution in [-0.4, -0.2) is 35.0 Å². The number of hydrogen-bond donors (Lipinski definition) is 1. The highest BCUT2D eigenvalue weighted by Crippen LogP contribution is 2.42. The highest BCUT2D eigenvalue weighted by atomic mass is 16.4. The molecule has 4 heteroatoms. The fourth-order valence-corrected chi connectivity index (χ4v) is 5.01. The lowest BCUT2D eigenvalue weighted by Crippen LogP contribution is -2.33. The van der Waals surface area contributed by atoms with E-state index in [2.05, 4.69) is 13.8 Å². The molecule has 1 saturated heterocycles. The number of carboxylic acid groups (broad SMARTS) is 1. The van der Waals surface area contributed by atoms with Gasteiger partial charge in [0, 0.05) is 19.5 Å². The van der Waals surface area contributed by atoms with Crippen molar-refractivity contribution >= 4 is 11.9 Å². The molecule has 5 atom stereocenters. The van der Waals surface area contributed by atoms with Gasteiger partial charge < -0.3 is 10.0 Å². The van der Waals surface area contributed by atoms with Gasteiger partial charge in [-0.15, -0.1) is 0 Å². The highest BCUT2D eigenvalue weighted by Gasteiger charge is 2.40. The first-order valence-corrected chi connectivity index (χ1v) is 10.5. The van der Waals surface area contributed by atoms with E-state index in [0.717, 1.165) is 30.5 Å². The quantitative estimate of drug-likeness (QED) is 0.780. The second-order valence-electron chi connectivity index (χ2n) is 8.71. The van der Waals surface area contributed by atoms with E-state index in [1.54, 1.807) is 0 Å². The van der Waals surface area contributed by atoms with Gasteiger partial charge in [-0.25, -0.2) is 0 Å². The monoisotopic (exact) mass is 371 g/mol. The van der Waals surface area contributed by atoms with Crippen molar-refractivity contribution in [2.75, 3.05) is 13.1 Å². The van der Waals surface area contributed by atoms with Crippen LogP contribution in [0.4, 0.5) is 0 Å². The number of carbonyl (C=O) groups is 2. The summed E-state index contributed by atoms with van der Waals surface area (Å²) in [5.41, 5.74) is 0.976. The predicted octanol–water partition coefficient (Wildman–Crippen LogP) is 4.24. The number of benzene rings is 1. The van der Waals surface area contributed by atoms with Gasteiger partial charge in [0.1, 0.15) is 0 Å². The normalized spacial score (nSPS) is 27.0. The van der Waals surface area contributed by atoms with Crippen molar-refractivity contribution in [2.24, 2.45) is 29.6 Å². The minimum atomic E-state index is -0.874. The Kier molecular flexibility index (Phi) is 6.56. The number of rotatable bonds is 7. The number of aliphatic carboxylic acids is 1. The van der Waals surface area contributed by atoms with Gasteiger partial charge in [0.15, 0.2) is 0 Å². The van der Waals surface area contributed by atoms with Gasteiger partial charge in [0.2, 0.25) is 5.91 Å². The molecule has 1 aromatic rings. The summed E-state index contributed by atoms with van der Waals surface area (Å²) in [7, 11) is 0. The van der Waals surface area contributed by atoms with E-state index in [1.807, 2.05) is 35.2 Å². The summed E-state index contributed by atoms with van der Waals surface area (Å²) in [4.78, 5) is 26.5. The molecule has 0 radical (unpaired) electrons. The van der Waals surface area contributed by atoms with E-state index in [4.69, 9.17) is 0 Å². The summed E-state index contributed by atoms with van der Waals surface area (Å²) in [6.45, 7) is 6.27. The first-order valence-electron chi connectivity index (χ1n) is 10.5. The Morgan fingerprint density at radius 2 is 1.85 bits per heavy atom. The molecule has 3 rings (SSSR count). The summed E-state index contributed by atoms with van der Waals surface area (Å²) >= 11 is 0. The third kappa shape index (κ3) is 4.91. The highest BCUT2D eigenvalue weighted by molar-refractivity contribution is 5.82. The van der Waals surface area contributed by atoms with Crippen molar-refractivity contribution in [3.63, 3.8) is 0 Å². The van der Waals surface area contributed by atoms with Crippen molar-refractivity contribution in [3.05, 3.63) is 35.9 Å². The first kappa shape index (κ1) is 19.9. The molecule has 1 aliphatic carbocycles. The molecule has 1 amide bonds. The predicted molar refractivity (Wildman–Crippen MR) is 106 cm³/mol. The number of carbonyl (C=O) groups excluding carboxylic acids is 1. The summed E-state index contributed by atoms with van der Waals surface area (Å²) in [6.07, 6.45) is 5.48. The fraction of sp³-hybridized carbons (Fsp3) is 0.652. The molecule has 0 bridgehead atoms. The summed E-state index contributed by atoms with van der Waals surface area (Å²) in [5.74, 6) is 1.28. The Hall–Kier alpha value is -1.84. The fourth-order valence-electron chi connectivity index (χ4n) is 5.01. The zero-order chi connectivity index (χ0) is 19.4. The molecule has 4 nitrogen and oxygen atoms in total. The molecule has 1 N–H and O–H groups in total. The first-order chi connectivity index (χ1) is 13.0. The SMILES string of the molecule is CCC(C)C1CC[C@H]2CN(C(=O)C[C@H](Cc3ccccc3)C(=O)O)C[C@H]2C1. The van der Waals surface area contributed by atoms with Crippen molar-refractivity contribution in [1.82, 2.24) is 4.90 Å². The second-order valence-corrected chi connectivity index (χ2v) is 8.71. The van der Waals surface area contributed by atoms with Crippen LogP contribution >= 0.6 is 0 Å².